The third-order valence-corrected chi connectivity index (χ3v) is 2.36. The van der Waals surface area contributed by atoms with Gasteiger partial charge in [0.1, 0.15) is 0 Å². The Morgan fingerprint density at radius 3 is 2.67 bits per heavy atom. The van der Waals surface area contributed by atoms with E-state index < -0.39 is 18.1 Å². The number of nitrogens with one attached hydrogen (secondary N) is 1. The van der Waals surface area contributed by atoms with Crippen LogP contribution in [-0.4, -0.2) is 23.1 Å². The van der Waals surface area contributed by atoms with E-state index in [2.05, 4.69) is 10.7 Å². The van der Waals surface area contributed by atoms with Gasteiger partial charge in [0.15, 0.2) is 11.2 Å². The normalized spacial score (nSPS) is 13.7. The summed E-state index contributed by atoms with van der Waals surface area (Å²) in [6.45, 7) is 1.66. The fourth-order valence-corrected chi connectivity index (χ4v) is 1.43. The van der Waals surface area contributed by atoms with Crippen molar-refractivity contribution in [1.82, 2.24) is 4.98 Å². The number of amides is 1. The van der Waals surface area contributed by atoms with Gasteiger partial charge in [0.25, 0.3) is 5.91 Å². The Balaban J connectivity index is 2.64. The number of nitrogens with zero attached hydrogens (tertiary/aromatic N) is 1. The molecule has 84 valence electrons. The van der Waals surface area contributed by atoms with Crippen molar-refractivity contribution in [3.63, 3.8) is 0 Å². The lowest BCUT2D eigenvalue weighted by atomic mass is 10.3. The van der Waals surface area contributed by atoms with Crippen molar-refractivity contribution in [2.24, 2.45) is 5.73 Å². The fraction of sp³-hybridized carbons (Fsp3) is 0.429. The van der Waals surface area contributed by atoms with Crippen LogP contribution in [0.4, 0.5) is 18.3 Å². The number of halogens is 3. The van der Waals surface area contributed by atoms with E-state index in [4.69, 9.17) is 0 Å². The maximum Gasteiger partial charge on any atom is 0.412 e. The van der Waals surface area contributed by atoms with Crippen LogP contribution in [0.3, 0.4) is 0 Å². The lowest BCUT2D eigenvalue weighted by Crippen LogP contribution is -2.47. The Labute approximate surface area is 87.3 Å². The van der Waals surface area contributed by atoms with Gasteiger partial charge in [-0.15, -0.1) is 11.3 Å². The molecule has 0 bridgehead atoms. The number of aryl methyl sites for hydroxylation is 1. The van der Waals surface area contributed by atoms with Gasteiger partial charge in [0, 0.05) is 5.38 Å². The SMILES string of the molecule is Cc1csc(NC(=O)C(N)C(F)(F)F)n1. The second-order valence-corrected chi connectivity index (χ2v) is 3.66. The average Bonchev–Trinajstić information content (AvgIpc) is 2.48. The molecule has 1 unspecified atom stereocenters. The summed E-state index contributed by atoms with van der Waals surface area (Å²) in [6, 6.07) is -2.53. The number of aromatic nitrogens is 1. The molecule has 1 rings (SSSR count). The van der Waals surface area contributed by atoms with Crippen molar-refractivity contribution in [2.45, 2.75) is 19.1 Å². The number of rotatable bonds is 2. The molecule has 1 amide bonds. The first-order valence-corrected chi connectivity index (χ1v) is 4.74. The molecule has 1 atom stereocenters. The monoisotopic (exact) mass is 239 g/mol. The van der Waals surface area contributed by atoms with Gasteiger partial charge in [0.2, 0.25) is 0 Å². The van der Waals surface area contributed by atoms with E-state index >= 15 is 0 Å². The zero-order chi connectivity index (χ0) is 11.6. The van der Waals surface area contributed by atoms with E-state index in [1.807, 2.05) is 5.32 Å². The highest BCUT2D eigenvalue weighted by molar-refractivity contribution is 7.13. The molecule has 4 nitrogen and oxygen atoms in total. The van der Waals surface area contributed by atoms with Gasteiger partial charge < -0.3 is 11.1 Å². The van der Waals surface area contributed by atoms with E-state index in [1.165, 1.54) is 0 Å². The van der Waals surface area contributed by atoms with Crippen LogP contribution in [0.5, 0.6) is 0 Å². The molecule has 0 radical (unpaired) electrons. The predicted molar refractivity (Wildman–Crippen MR) is 49.5 cm³/mol. The summed E-state index contributed by atoms with van der Waals surface area (Å²) in [5.41, 5.74) is 5.31. The largest absolute Gasteiger partial charge is 0.412 e. The van der Waals surface area contributed by atoms with Gasteiger partial charge in [-0.2, -0.15) is 13.2 Å². The number of hydrogen-bond donors (Lipinski definition) is 2. The number of carbonyl (C=O) groups is 1. The van der Waals surface area contributed by atoms with E-state index in [0.717, 1.165) is 11.3 Å². The Morgan fingerprint density at radius 2 is 2.27 bits per heavy atom. The van der Waals surface area contributed by atoms with Gasteiger partial charge in [-0.1, -0.05) is 0 Å². The van der Waals surface area contributed by atoms with E-state index in [9.17, 15) is 18.0 Å². The maximum absolute atomic E-state index is 12.0. The molecule has 8 heteroatoms. The first-order valence-electron chi connectivity index (χ1n) is 3.86. The molecule has 0 aliphatic rings. The summed E-state index contributed by atoms with van der Waals surface area (Å²) in [4.78, 5) is 14.8. The summed E-state index contributed by atoms with van der Waals surface area (Å²) in [5.74, 6) is -1.31. The third kappa shape index (κ3) is 3.17. The fourth-order valence-electron chi connectivity index (χ4n) is 0.743. The smallest absolute Gasteiger partial charge is 0.312 e. The molecule has 1 heterocycles. The lowest BCUT2D eigenvalue weighted by molar-refractivity contribution is -0.159. The summed E-state index contributed by atoms with van der Waals surface area (Å²) >= 11 is 1.04. The first-order chi connectivity index (χ1) is 6.80. The molecule has 1 aromatic rings. The Kier molecular flexibility index (Phi) is 3.30. The molecule has 0 spiro atoms. The van der Waals surface area contributed by atoms with Crippen LogP contribution >= 0.6 is 11.3 Å². The highest BCUT2D eigenvalue weighted by Gasteiger charge is 2.42. The lowest BCUT2D eigenvalue weighted by Gasteiger charge is -2.13. The van der Waals surface area contributed by atoms with Crippen LogP contribution in [0, 0.1) is 6.92 Å². The van der Waals surface area contributed by atoms with Gasteiger partial charge in [-0.25, -0.2) is 4.98 Å². The molecular formula is C7H8F3N3OS. The quantitative estimate of drug-likeness (QED) is 0.816. The first kappa shape index (κ1) is 11.9. The molecule has 0 saturated heterocycles. The second kappa shape index (κ2) is 4.15. The van der Waals surface area contributed by atoms with Crippen LogP contribution in [0.1, 0.15) is 5.69 Å². The van der Waals surface area contributed by atoms with Gasteiger partial charge >= 0.3 is 6.18 Å². The second-order valence-electron chi connectivity index (χ2n) is 2.80. The van der Waals surface area contributed by atoms with Crippen LogP contribution in [0.2, 0.25) is 0 Å². The standard InChI is InChI=1S/C7H8F3N3OS/c1-3-2-15-6(12-3)13-5(14)4(11)7(8,9)10/h2,4H,11H2,1H3,(H,12,13,14). The minimum atomic E-state index is -4.74. The minimum Gasteiger partial charge on any atom is -0.312 e. The number of nitrogens with two attached hydrogens (primary N) is 1. The number of thiazole rings is 1. The van der Waals surface area contributed by atoms with Crippen molar-refractivity contribution in [3.05, 3.63) is 11.1 Å². The highest BCUT2D eigenvalue weighted by atomic mass is 32.1. The zero-order valence-corrected chi connectivity index (χ0v) is 8.45. The van der Waals surface area contributed by atoms with Crippen LogP contribution in [0.25, 0.3) is 0 Å². The maximum atomic E-state index is 12.0. The Bertz CT molecular complexity index is 363. The summed E-state index contributed by atoms with van der Waals surface area (Å²) in [5, 5.41) is 3.71. The molecule has 0 aliphatic heterocycles. The number of hydrogen-bond acceptors (Lipinski definition) is 4. The van der Waals surface area contributed by atoms with Crippen molar-refractivity contribution in [3.8, 4) is 0 Å². The van der Waals surface area contributed by atoms with Crippen molar-refractivity contribution in [1.29, 1.82) is 0 Å². The number of anilines is 1. The average molecular weight is 239 g/mol. The third-order valence-electron chi connectivity index (χ3n) is 1.48. The topological polar surface area (TPSA) is 68.0 Å². The molecule has 3 N–H and O–H groups in total. The van der Waals surface area contributed by atoms with Crippen LogP contribution in [0.15, 0.2) is 5.38 Å². The van der Waals surface area contributed by atoms with Crippen LogP contribution < -0.4 is 11.1 Å². The molecule has 0 saturated carbocycles. The predicted octanol–water partition coefficient (Wildman–Crippen LogP) is 1.28. The van der Waals surface area contributed by atoms with E-state index in [0.29, 0.717) is 5.69 Å². The number of carbonyl (C=O) groups excluding carboxylic acids is 1. The zero-order valence-electron chi connectivity index (χ0n) is 7.63. The Morgan fingerprint density at radius 1 is 1.67 bits per heavy atom. The van der Waals surface area contributed by atoms with Gasteiger partial charge in [-0.3, -0.25) is 4.79 Å². The molecular weight excluding hydrogens is 231 g/mol. The van der Waals surface area contributed by atoms with E-state index in [-0.39, 0.29) is 5.13 Å². The van der Waals surface area contributed by atoms with E-state index in [1.54, 1.807) is 12.3 Å². The van der Waals surface area contributed by atoms with Crippen molar-refractivity contribution >= 4 is 22.4 Å². The van der Waals surface area contributed by atoms with Gasteiger partial charge in [-0.05, 0) is 6.92 Å². The molecule has 15 heavy (non-hydrogen) atoms. The van der Waals surface area contributed by atoms with Crippen molar-refractivity contribution < 1.29 is 18.0 Å². The van der Waals surface area contributed by atoms with Crippen LogP contribution in [-0.2, 0) is 4.79 Å². The molecule has 0 fully saturated rings. The molecule has 1 aromatic heterocycles. The summed E-state index contributed by atoms with van der Waals surface area (Å²) < 4.78 is 36.0. The summed E-state index contributed by atoms with van der Waals surface area (Å²) in [7, 11) is 0. The number of alkyl halides is 3. The highest BCUT2D eigenvalue weighted by Crippen LogP contribution is 2.20. The summed E-state index contributed by atoms with van der Waals surface area (Å²) in [6.07, 6.45) is -4.74. The van der Waals surface area contributed by atoms with Gasteiger partial charge in [0.05, 0.1) is 5.69 Å². The minimum absolute atomic E-state index is 0.109. The Hall–Kier alpha value is -1.15. The van der Waals surface area contributed by atoms with Crippen molar-refractivity contribution in [2.75, 3.05) is 5.32 Å². The molecule has 0 aromatic carbocycles. The molecule has 0 aliphatic carbocycles.